The third-order valence-corrected chi connectivity index (χ3v) is 4.07. The predicted molar refractivity (Wildman–Crippen MR) is 81.5 cm³/mol. The summed E-state index contributed by atoms with van der Waals surface area (Å²) in [5.41, 5.74) is 2.30. The van der Waals surface area contributed by atoms with Crippen LogP contribution in [0.2, 0.25) is 0 Å². The van der Waals surface area contributed by atoms with Crippen LogP contribution in [0.25, 0.3) is 0 Å². The predicted octanol–water partition coefficient (Wildman–Crippen LogP) is 1.09. The molecule has 0 radical (unpaired) electrons. The second kappa shape index (κ2) is 7.54. The first-order valence-corrected chi connectivity index (χ1v) is 8.08. The number of nitrogens with zero attached hydrogens (tertiary/aromatic N) is 1. The Kier molecular flexibility index (Phi) is 5.47. The first kappa shape index (κ1) is 17.4. The van der Waals surface area contributed by atoms with E-state index in [0.717, 1.165) is 0 Å². The van der Waals surface area contributed by atoms with E-state index in [0.29, 0.717) is 5.56 Å². The molecule has 0 atom stereocenters. The van der Waals surface area contributed by atoms with Crippen LogP contribution in [0.3, 0.4) is 0 Å². The van der Waals surface area contributed by atoms with E-state index in [1.807, 2.05) is 16.3 Å². The van der Waals surface area contributed by atoms with Crippen LogP contribution in [0.15, 0.2) is 53.4 Å². The average Bonchev–Trinajstić information content (AvgIpc) is 2.59. The summed E-state index contributed by atoms with van der Waals surface area (Å²) in [4.78, 5) is 13.4. The van der Waals surface area contributed by atoms with Crippen molar-refractivity contribution in [2.45, 2.75) is 4.90 Å². The Hall–Kier alpha value is -2.96. The minimum Gasteiger partial charge on any atom is -0.484 e. The van der Waals surface area contributed by atoms with Gasteiger partial charge in [0.05, 0.1) is 16.5 Å². The van der Waals surface area contributed by atoms with Crippen LogP contribution in [0.5, 0.6) is 5.75 Å². The van der Waals surface area contributed by atoms with Gasteiger partial charge in [0.15, 0.2) is 6.61 Å². The number of nitrogens with one attached hydrogen (secondary N) is 2. The smallest absolute Gasteiger partial charge is 0.272 e. The van der Waals surface area contributed by atoms with Crippen LogP contribution in [-0.4, -0.2) is 20.9 Å². The van der Waals surface area contributed by atoms with Crippen molar-refractivity contribution in [3.05, 3.63) is 59.9 Å². The van der Waals surface area contributed by atoms with E-state index in [-0.39, 0.29) is 10.6 Å². The van der Waals surface area contributed by atoms with Crippen molar-refractivity contribution in [1.29, 1.82) is 5.26 Å². The third kappa shape index (κ3) is 4.77. The summed E-state index contributed by atoms with van der Waals surface area (Å²) in [6.07, 6.45) is 0. The van der Waals surface area contributed by atoms with Gasteiger partial charge in [0, 0.05) is 0 Å². The highest BCUT2D eigenvalue weighted by Gasteiger charge is 2.15. The van der Waals surface area contributed by atoms with Gasteiger partial charge in [-0.3, -0.25) is 10.2 Å². The van der Waals surface area contributed by atoms with Crippen molar-refractivity contribution >= 4 is 15.9 Å². The van der Waals surface area contributed by atoms with Crippen molar-refractivity contribution in [1.82, 2.24) is 10.3 Å². The number of carbonyl (C=O) groups excluding carboxylic acids is 1. The fourth-order valence-electron chi connectivity index (χ4n) is 1.61. The Morgan fingerprint density at radius 2 is 1.75 bits per heavy atom. The highest BCUT2D eigenvalue weighted by molar-refractivity contribution is 7.89. The molecule has 7 nitrogen and oxygen atoms in total. The van der Waals surface area contributed by atoms with Crippen LogP contribution >= 0.6 is 0 Å². The maximum absolute atomic E-state index is 12.7. The lowest BCUT2D eigenvalue weighted by Crippen LogP contribution is -2.43. The van der Waals surface area contributed by atoms with Gasteiger partial charge in [-0.25, -0.2) is 12.8 Å². The number of ether oxygens (including phenoxy) is 1. The van der Waals surface area contributed by atoms with Crippen molar-refractivity contribution in [2.75, 3.05) is 6.61 Å². The van der Waals surface area contributed by atoms with E-state index in [9.17, 15) is 17.6 Å². The average molecular weight is 349 g/mol. The quantitative estimate of drug-likeness (QED) is 0.759. The zero-order valence-electron chi connectivity index (χ0n) is 12.2. The van der Waals surface area contributed by atoms with Crippen LogP contribution in [0.4, 0.5) is 4.39 Å². The summed E-state index contributed by atoms with van der Waals surface area (Å²) in [7, 11) is -3.97. The van der Waals surface area contributed by atoms with Gasteiger partial charge in [0.25, 0.3) is 15.9 Å². The molecular weight excluding hydrogens is 337 g/mol. The van der Waals surface area contributed by atoms with Crippen LogP contribution in [-0.2, 0) is 14.8 Å². The van der Waals surface area contributed by atoms with Crippen molar-refractivity contribution in [3.63, 3.8) is 0 Å². The molecular formula is C15H12FN3O4S. The van der Waals surface area contributed by atoms with Gasteiger partial charge in [-0.1, -0.05) is 0 Å². The molecule has 1 amide bonds. The Morgan fingerprint density at radius 3 is 2.33 bits per heavy atom. The van der Waals surface area contributed by atoms with Gasteiger partial charge in [0.1, 0.15) is 11.6 Å². The summed E-state index contributed by atoms with van der Waals surface area (Å²) < 4.78 is 41.7. The highest BCUT2D eigenvalue weighted by atomic mass is 32.2. The Balaban J connectivity index is 1.87. The summed E-state index contributed by atoms with van der Waals surface area (Å²) in [5, 5.41) is 8.67. The normalized spacial score (nSPS) is 10.7. The van der Waals surface area contributed by atoms with Crippen LogP contribution in [0, 0.1) is 17.1 Å². The number of hydrazine groups is 1. The first-order chi connectivity index (χ1) is 11.4. The van der Waals surface area contributed by atoms with Crippen LogP contribution < -0.4 is 15.0 Å². The molecule has 0 saturated carbocycles. The van der Waals surface area contributed by atoms with Crippen LogP contribution in [0.1, 0.15) is 5.56 Å². The molecule has 2 rings (SSSR count). The molecule has 0 spiro atoms. The van der Waals surface area contributed by atoms with Crippen molar-refractivity contribution < 1.29 is 22.3 Å². The molecule has 0 fully saturated rings. The van der Waals surface area contributed by atoms with E-state index >= 15 is 0 Å². The highest BCUT2D eigenvalue weighted by Crippen LogP contribution is 2.11. The molecule has 0 aliphatic rings. The fourth-order valence-corrected chi connectivity index (χ4v) is 2.47. The first-order valence-electron chi connectivity index (χ1n) is 6.60. The molecule has 2 aromatic rings. The summed E-state index contributed by atoms with van der Waals surface area (Å²) >= 11 is 0. The monoisotopic (exact) mass is 349 g/mol. The molecule has 124 valence electrons. The van der Waals surface area contributed by atoms with E-state index in [2.05, 4.69) is 0 Å². The number of hydrogen-bond acceptors (Lipinski definition) is 5. The second-order valence-corrected chi connectivity index (χ2v) is 6.21. The number of amides is 1. The van der Waals surface area contributed by atoms with Gasteiger partial charge in [0.2, 0.25) is 0 Å². The number of halogens is 1. The third-order valence-electron chi connectivity index (χ3n) is 2.80. The van der Waals surface area contributed by atoms with E-state index < -0.39 is 28.4 Å². The topological polar surface area (TPSA) is 108 Å². The lowest BCUT2D eigenvalue weighted by molar-refractivity contribution is -0.123. The molecule has 0 bridgehead atoms. The summed E-state index contributed by atoms with van der Waals surface area (Å²) in [6, 6.07) is 12.0. The summed E-state index contributed by atoms with van der Waals surface area (Å²) in [5.74, 6) is -0.917. The number of benzene rings is 2. The number of sulfonamides is 1. The maximum Gasteiger partial charge on any atom is 0.272 e. The Morgan fingerprint density at radius 1 is 1.12 bits per heavy atom. The number of hydrogen-bond donors (Lipinski definition) is 2. The molecule has 2 aromatic carbocycles. The number of rotatable bonds is 6. The Bertz CT molecular complexity index is 859. The van der Waals surface area contributed by atoms with Gasteiger partial charge in [-0.2, -0.15) is 5.26 Å². The molecule has 2 N–H and O–H groups in total. The van der Waals surface area contributed by atoms with Gasteiger partial charge in [-0.15, -0.1) is 4.83 Å². The minimum absolute atomic E-state index is 0.110. The van der Waals surface area contributed by atoms with E-state index in [1.54, 1.807) is 0 Å². The van der Waals surface area contributed by atoms with Gasteiger partial charge >= 0.3 is 0 Å². The van der Waals surface area contributed by atoms with Gasteiger partial charge < -0.3 is 4.74 Å². The molecule has 0 heterocycles. The van der Waals surface area contributed by atoms with E-state index in [4.69, 9.17) is 10.00 Å². The largest absolute Gasteiger partial charge is 0.484 e. The molecule has 0 unspecified atom stereocenters. The number of nitriles is 1. The fraction of sp³-hybridized carbons (Fsp3) is 0.0667. The zero-order valence-corrected chi connectivity index (χ0v) is 13.0. The maximum atomic E-state index is 12.7. The lowest BCUT2D eigenvalue weighted by Gasteiger charge is -2.09. The Labute approximate surface area is 137 Å². The zero-order chi connectivity index (χ0) is 17.6. The molecule has 24 heavy (non-hydrogen) atoms. The SMILES string of the molecule is N#Cc1ccc(S(=O)(=O)NNC(=O)COc2ccc(F)cc2)cc1. The second-order valence-electron chi connectivity index (χ2n) is 4.53. The minimum atomic E-state index is -3.97. The lowest BCUT2D eigenvalue weighted by atomic mass is 10.2. The van der Waals surface area contributed by atoms with Gasteiger partial charge in [-0.05, 0) is 48.5 Å². The summed E-state index contributed by atoms with van der Waals surface area (Å²) in [6.45, 7) is -0.457. The molecule has 0 aliphatic carbocycles. The molecule has 0 aliphatic heterocycles. The molecule has 0 aromatic heterocycles. The van der Waals surface area contributed by atoms with Crippen molar-refractivity contribution in [2.24, 2.45) is 0 Å². The number of carbonyl (C=O) groups is 1. The van der Waals surface area contributed by atoms with E-state index in [1.165, 1.54) is 48.5 Å². The molecule has 0 saturated heterocycles. The molecule has 9 heteroatoms. The standard InChI is InChI=1S/C15H12FN3O4S/c16-12-3-5-13(6-4-12)23-10-15(20)18-19-24(21,22)14-7-1-11(9-17)2-8-14/h1-8,19H,10H2,(H,18,20). The van der Waals surface area contributed by atoms with Crippen molar-refractivity contribution in [3.8, 4) is 11.8 Å².